The molecule has 6 heteroatoms. The van der Waals surface area contributed by atoms with Crippen molar-refractivity contribution in [1.82, 2.24) is 4.57 Å². The van der Waals surface area contributed by atoms with E-state index in [-0.39, 0.29) is 12.6 Å². The maximum absolute atomic E-state index is 13.4. The quantitative estimate of drug-likeness (QED) is 0.846. The van der Waals surface area contributed by atoms with Crippen LogP contribution >= 0.6 is 15.9 Å². The van der Waals surface area contributed by atoms with Crippen LogP contribution in [0.2, 0.25) is 0 Å². The van der Waals surface area contributed by atoms with Crippen LogP contribution in [-0.2, 0) is 11.3 Å². The summed E-state index contributed by atoms with van der Waals surface area (Å²) in [6, 6.07) is 6.25. The van der Waals surface area contributed by atoms with Crippen molar-refractivity contribution < 1.29 is 13.9 Å². The number of anilines is 1. The number of benzene rings is 1. The molecule has 21 heavy (non-hydrogen) atoms. The van der Waals surface area contributed by atoms with Gasteiger partial charge in [0.25, 0.3) is 0 Å². The zero-order valence-corrected chi connectivity index (χ0v) is 13.4. The van der Waals surface area contributed by atoms with E-state index in [1.165, 1.54) is 6.07 Å². The van der Waals surface area contributed by atoms with Crippen molar-refractivity contribution >= 4 is 27.6 Å². The molecule has 0 bridgehead atoms. The molecule has 0 spiro atoms. The number of esters is 1. The molecule has 0 aliphatic carbocycles. The Bertz CT molecular complexity index is 668. The van der Waals surface area contributed by atoms with E-state index in [2.05, 4.69) is 15.9 Å². The first-order chi connectivity index (χ1) is 9.90. The van der Waals surface area contributed by atoms with Crippen LogP contribution in [0.3, 0.4) is 0 Å². The van der Waals surface area contributed by atoms with Crippen molar-refractivity contribution in [3.63, 3.8) is 0 Å². The molecule has 0 saturated heterocycles. The number of rotatable bonds is 4. The van der Waals surface area contributed by atoms with E-state index in [1.807, 2.05) is 13.8 Å². The molecule has 0 aliphatic heterocycles. The summed E-state index contributed by atoms with van der Waals surface area (Å²) in [6.07, 6.45) is 1.69. The number of aromatic nitrogens is 1. The van der Waals surface area contributed by atoms with E-state index >= 15 is 0 Å². The van der Waals surface area contributed by atoms with Gasteiger partial charge in [-0.15, -0.1) is 0 Å². The third-order valence-corrected chi connectivity index (χ3v) is 3.91. The number of nitrogens with zero attached hydrogens (tertiary/aromatic N) is 1. The van der Waals surface area contributed by atoms with Gasteiger partial charge in [-0.2, -0.15) is 0 Å². The highest BCUT2D eigenvalue weighted by Gasteiger charge is 2.17. The lowest BCUT2D eigenvalue weighted by atomic mass is 10.2. The van der Waals surface area contributed by atoms with E-state index in [4.69, 9.17) is 10.5 Å². The molecule has 112 valence electrons. The fourth-order valence-electron chi connectivity index (χ4n) is 1.97. The molecular weight excluding hydrogens is 339 g/mol. The molecule has 0 saturated carbocycles. The number of hydrogen-bond donors (Lipinski definition) is 1. The normalized spacial score (nSPS) is 10.9. The van der Waals surface area contributed by atoms with Gasteiger partial charge in [0.15, 0.2) is 0 Å². The standard InChI is InChI=1S/C15H16BrFN2O2/c1-9(2)19-7-11(18)6-13(19)15(20)21-8-10-4-3-5-12(17)14(10)16/h3-7,9H,8,18H2,1-2H3. The Morgan fingerprint density at radius 3 is 2.86 bits per heavy atom. The third kappa shape index (κ3) is 3.44. The lowest BCUT2D eigenvalue weighted by Crippen LogP contribution is -2.13. The molecule has 1 aromatic carbocycles. The lowest BCUT2D eigenvalue weighted by molar-refractivity contribution is 0.0457. The van der Waals surface area contributed by atoms with Gasteiger partial charge in [-0.3, -0.25) is 0 Å². The highest BCUT2D eigenvalue weighted by molar-refractivity contribution is 9.10. The van der Waals surface area contributed by atoms with E-state index in [1.54, 1.807) is 29.0 Å². The van der Waals surface area contributed by atoms with Gasteiger partial charge in [-0.05, 0) is 41.9 Å². The number of carbonyl (C=O) groups is 1. The molecule has 4 nitrogen and oxygen atoms in total. The predicted octanol–water partition coefficient (Wildman–Crippen LogP) is 3.91. The van der Waals surface area contributed by atoms with Crippen molar-refractivity contribution in [2.45, 2.75) is 26.5 Å². The Labute approximate surface area is 130 Å². The van der Waals surface area contributed by atoms with Crippen LogP contribution in [0.1, 0.15) is 35.9 Å². The summed E-state index contributed by atoms with van der Waals surface area (Å²) in [5.41, 5.74) is 7.18. The summed E-state index contributed by atoms with van der Waals surface area (Å²) in [4.78, 5) is 12.1. The zero-order valence-electron chi connectivity index (χ0n) is 11.8. The number of nitrogen functional groups attached to an aromatic ring is 1. The van der Waals surface area contributed by atoms with E-state index < -0.39 is 11.8 Å². The van der Waals surface area contributed by atoms with E-state index in [0.29, 0.717) is 21.4 Å². The summed E-state index contributed by atoms with van der Waals surface area (Å²) < 4.78 is 20.7. The minimum atomic E-state index is -0.489. The van der Waals surface area contributed by atoms with E-state index in [0.717, 1.165) is 0 Å². The maximum atomic E-state index is 13.4. The van der Waals surface area contributed by atoms with E-state index in [9.17, 15) is 9.18 Å². The number of carbonyl (C=O) groups excluding carboxylic acids is 1. The molecule has 0 fully saturated rings. The second kappa shape index (κ2) is 6.30. The molecule has 2 aromatic rings. The van der Waals surface area contributed by atoms with Crippen LogP contribution in [0.5, 0.6) is 0 Å². The number of halogens is 2. The largest absolute Gasteiger partial charge is 0.456 e. The van der Waals surface area contributed by atoms with Gasteiger partial charge in [0.1, 0.15) is 18.1 Å². The van der Waals surface area contributed by atoms with Crippen LogP contribution < -0.4 is 5.73 Å². The van der Waals surface area contributed by atoms with Gasteiger partial charge in [0.05, 0.1) is 10.2 Å². The molecule has 1 heterocycles. The summed E-state index contributed by atoms with van der Waals surface area (Å²) >= 11 is 3.14. The highest BCUT2D eigenvalue weighted by atomic mass is 79.9. The van der Waals surface area contributed by atoms with Gasteiger partial charge >= 0.3 is 5.97 Å². The maximum Gasteiger partial charge on any atom is 0.355 e. The van der Waals surface area contributed by atoms with Gasteiger partial charge in [0, 0.05) is 17.8 Å². The molecule has 0 atom stereocenters. The third-order valence-electron chi connectivity index (χ3n) is 3.03. The summed E-state index contributed by atoms with van der Waals surface area (Å²) in [7, 11) is 0. The van der Waals surface area contributed by atoms with Gasteiger partial charge < -0.3 is 15.0 Å². The average Bonchev–Trinajstić information content (AvgIpc) is 2.82. The molecule has 2 rings (SSSR count). The second-order valence-corrected chi connectivity index (χ2v) is 5.74. The molecule has 0 aliphatic rings. The monoisotopic (exact) mass is 354 g/mol. The first-order valence-electron chi connectivity index (χ1n) is 6.47. The van der Waals surface area contributed by atoms with Crippen LogP contribution in [0, 0.1) is 5.82 Å². The minimum Gasteiger partial charge on any atom is -0.456 e. The minimum absolute atomic E-state index is 0.0135. The van der Waals surface area contributed by atoms with Crippen LogP contribution in [0.25, 0.3) is 0 Å². The predicted molar refractivity (Wildman–Crippen MR) is 82.4 cm³/mol. The molecular formula is C15H16BrFN2O2. The van der Waals surface area contributed by atoms with Gasteiger partial charge in [0.2, 0.25) is 0 Å². The number of nitrogens with two attached hydrogens (primary N) is 1. The Kier molecular flexibility index (Phi) is 4.67. The highest BCUT2D eigenvalue weighted by Crippen LogP contribution is 2.22. The summed E-state index contributed by atoms with van der Waals surface area (Å²) in [5.74, 6) is -0.880. The fraction of sp³-hybridized carbons (Fsp3) is 0.267. The smallest absolute Gasteiger partial charge is 0.355 e. The van der Waals surface area contributed by atoms with Crippen LogP contribution in [0.4, 0.5) is 10.1 Å². The molecule has 2 N–H and O–H groups in total. The van der Waals surface area contributed by atoms with Crippen molar-refractivity contribution in [3.05, 3.63) is 52.0 Å². The lowest BCUT2D eigenvalue weighted by Gasteiger charge is -2.12. The van der Waals surface area contributed by atoms with Crippen molar-refractivity contribution in [1.29, 1.82) is 0 Å². The average molecular weight is 355 g/mol. The molecule has 0 amide bonds. The SMILES string of the molecule is CC(C)n1cc(N)cc1C(=O)OCc1cccc(F)c1Br. The molecule has 0 unspecified atom stereocenters. The Hall–Kier alpha value is -1.82. The number of hydrogen-bond acceptors (Lipinski definition) is 3. The van der Waals surface area contributed by atoms with Crippen molar-refractivity contribution in [2.24, 2.45) is 0 Å². The first kappa shape index (κ1) is 15.6. The van der Waals surface area contributed by atoms with Crippen LogP contribution in [-0.4, -0.2) is 10.5 Å². The van der Waals surface area contributed by atoms with Gasteiger partial charge in [-0.25, -0.2) is 9.18 Å². The molecule has 0 radical (unpaired) electrons. The van der Waals surface area contributed by atoms with Crippen molar-refractivity contribution in [3.8, 4) is 0 Å². The van der Waals surface area contributed by atoms with Crippen LogP contribution in [0.15, 0.2) is 34.9 Å². The molecule has 1 aromatic heterocycles. The Morgan fingerprint density at radius 1 is 1.48 bits per heavy atom. The first-order valence-corrected chi connectivity index (χ1v) is 7.26. The topological polar surface area (TPSA) is 57.2 Å². The summed E-state index contributed by atoms with van der Waals surface area (Å²) in [5, 5.41) is 0. The Balaban J connectivity index is 2.14. The zero-order chi connectivity index (χ0) is 15.6. The second-order valence-electron chi connectivity index (χ2n) is 4.95. The fourth-order valence-corrected chi connectivity index (χ4v) is 2.35. The Morgan fingerprint density at radius 2 is 2.19 bits per heavy atom. The van der Waals surface area contributed by atoms with Gasteiger partial charge in [-0.1, -0.05) is 12.1 Å². The van der Waals surface area contributed by atoms with Crippen molar-refractivity contribution in [2.75, 3.05) is 5.73 Å². The summed E-state index contributed by atoms with van der Waals surface area (Å²) in [6.45, 7) is 3.87. The number of ether oxygens (including phenoxy) is 1.